The van der Waals surface area contributed by atoms with Gasteiger partial charge in [-0.1, -0.05) is 42.1 Å². The number of halogens is 1. The van der Waals surface area contributed by atoms with E-state index in [1.807, 2.05) is 30.3 Å². The molecule has 6 heteroatoms. The van der Waals surface area contributed by atoms with Crippen LogP contribution in [0.15, 0.2) is 53.7 Å². The first-order valence-corrected chi connectivity index (χ1v) is 9.21. The number of benzene rings is 2. The van der Waals surface area contributed by atoms with E-state index in [4.69, 9.17) is 4.74 Å². The van der Waals surface area contributed by atoms with Crippen LogP contribution in [-0.2, 0) is 5.75 Å². The molecule has 0 spiro atoms. The highest BCUT2D eigenvalue weighted by atomic mass is 32.2. The van der Waals surface area contributed by atoms with Gasteiger partial charge in [0.25, 0.3) is 0 Å². The lowest BCUT2D eigenvalue weighted by atomic mass is 10.2. The molecule has 0 unspecified atom stereocenters. The van der Waals surface area contributed by atoms with Crippen LogP contribution in [0.3, 0.4) is 0 Å². The molecule has 1 aliphatic carbocycles. The zero-order valence-electron chi connectivity index (χ0n) is 13.9. The number of nitrogens with zero attached hydrogens (tertiary/aromatic N) is 3. The molecule has 128 valence electrons. The van der Waals surface area contributed by atoms with E-state index in [0.717, 1.165) is 35.1 Å². The SMILES string of the molecule is COc1ccccc1CSc1nnc(-c2ccccc2F)n1C1CC1. The van der Waals surface area contributed by atoms with Gasteiger partial charge in [0.05, 0.1) is 12.7 Å². The highest BCUT2D eigenvalue weighted by Gasteiger charge is 2.30. The van der Waals surface area contributed by atoms with Crippen LogP contribution < -0.4 is 4.74 Å². The number of thioether (sulfide) groups is 1. The van der Waals surface area contributed by atoms with Crippen molar-refractivity contribution in [1.82, 2.24) is 14.8 Å². The first-order valence-electron chi connectivity index (χ1n) is 8.22. The minimum Gasteiger partial charge on any atom is -0.496 e. The van der Waals surface area contributed by atoms with Crippen LogP contribution >= 0.6 is 11.8 Å². The molecule has 25 heavy (non-hydrogen) atoms. The summed E-state index contributed by atoms with van der Waals surface area (Å²) in [6.07, 6.45) is 2.17. The van der Waals surface area contributed by atoms with Gasteiger partial charge < -0.3 is 4.74 Å². The van der Waals surface area contributed by atoms with Crippen LogP contribution in [0.25, 0.3) is 11.4 Å². The maximum atomic E-state index is 14.2. The summed E-state index contributed by atoms with van der Waals surface area (Å²) in [5.74, 6) is 1.94. The van der Waals surface area contributed by atoms with Crippen LogP contribution in [0.4, 0.5) is 4.39 Å². The smallest absolute Gasteiger partial charge is 0.192 e. The Kier molecular flexibility index (Phi) is 4.44. The number of rotatable bonds is 6. The average Bonchev–Trinajstić information content (AvgIpc) is 3.40. The highest BCUT2D eigenvalue weighted by molar-refractivity contribution is 7.98. The van der Waals surface area contributed by atoms with Crippen LogP contribution in [0.1, 0.15) is 24.4 Å². The van der Waals surface area contributed by atoms with E-state index in [1.165, 1.54) is 6.07 Å². The van der Waals surface area contributed by atoms with Crippen molar-refractivity contribution < 1.29 is 9.13 Å². The van der Waals surface area contributed by atoms with Crippen molar-refractivity contribution >= 4 is 11.8 Å². The van der Waals surface area contributed by atoms with Crippen molar-refractivity contribution in [2.45, 2.75) is 29.8 Å². The van der Waals surface area contributed by atoms with Gasteiger partial charge in [-0.05, 0) is 31.0 Å². The maximum absolute atomic E-state index is 14.2. The predicted molar refractivity (Wildman–Crippen MR) is 96.2 cm³/mol. The molecule has 4 nitrogen and oxygen atoms in total. The molecular weight excluding hydrogens is 337 g/mol. The Morgan fingerprint density at radius 1 is 1.12 bits per heavy atom. The Morgan fingerprint density at radius 3 is 2.64 bits per heavy atom. The molecule has 1 aromatic heterocycles. The van der Waals surface area contributed by atoms with Gasteiger partial charge in [0.2, 0.25) is 0 Å². The lowest BCUT2D eigenvalue weighted by molar-refractivity contribution is 0.411. The van der Waals surface area contributed by atoms with Gasteiger partial charge in [0.15, 0.2) is 11.0 Å². The molecule has 0 aliphatic heterocycles. The molecule has 0 N–H and O–H groups in total. The molecule has 0 bridgehead atoms. The third kappa shape index (κ3) is 3.26. The summed E-state index contributed by atoms with van der Waals surface area (Å²) in [7, 11) is 1.67. The Balaban J connectivity index is 1.64. The fourth-order valence-corrected chi connectivity index (χ4v) is 3.82. The number of ether oxygens (including phenoxy) is 1. The monoisotopic (exact) mass is 355 g/mol. The molecule has 0 atom stereocenters. The summed E-state index contributed by atoms with van der Waals surface area (Å²) in [4.78, 5) is 0. The van der Waals surface area contributed by atoms with E-state index < -0.39 is 0 Å². The van der Waals surface area contributed by atoms with Gasteiger partial charge in [0, 0.05) is 17.4 Å². The molecule has 1 saturated carbocycles. The van der Waals surface area contributed by atoms with E-state index in [9.17, 15) is 4.39 Å². The Labute approximate surface area is 150 Å². The molecule has 0 radical (unpaired) electrons. The largest absolute Gasteiger partial charge is 0.496 e. The van der Waals surface area contributed by atoms with Crippen molar-refractivity contribution in [2.75, 3.05) is 7.11 Å². The fourth-order valence-electron chi connectivity index (χ4n) is 2.83. The first kappa shape index (κ1) is 16.1. The summed E-state index contributed by atoms with van der Waals surface area (Å²) < 4.78 is 21.7. The standard InChI is InChI=1S/C19H18FN3OS/c1-24-17-9-5-2-6-13(17)12-25-19-22-21-18(23(19)14-10-11-14)15-7-3-4-8-16(15)20/h2-9,14H,10-12H2,1H3. The normalized spacial score (nSPS) is 13.8. The second kappa shape index (κ2) is 6.88. The molecule has 0 saturated heterocycles. The van der Waals surface area contributed by atoms with Crippen molar-refractivity contribution in [3.05, 3.63) is 59.9 Å². The van der Waals surface area contributed by atoms with Gasteiger partial charge in [0.1, 0.15) is 11.6 Å². The number of hydrogen-bond acceptors (Lipinski definition) is 4. The number of aromatic nitrogens is 3. The van der Waals surface area contributed by atoms with Crippen molar-refractivity contribution in [1.29, 1.82) is 0 Å². The van der Waals surface area contributed by atoms with Crippen molar-refractivity contribution in [2.24, 2.45) is 0 Å². The van der Waals surface area contributed by atoms with Crippen LogP contribution in [0.2, 0.25) is 0 Å². The van der Waals surface area contributed by atoms with E-state index in [-0.39, 0.29) is 5.82 Å². The number of methoxy groups -OCH3 is 1. The third-order valence-corrected chi connectivity index (χ3v) is 5.23. The van der Waals surface area contributed by atoms with Crippen LogP contribution in [0, 0.1) is 5.82 Å². The van der Waals surface area contributed by atoms with Gasteiger partial charge in [-0.2, -0.15) is 0 Å². The van der Waals surface area contributed by atoms with E-state index in [2.05, 4.69) is 14.8 Å². The molecular formula is C19H18FN3OS. The number of para-hydroxylation sites is 1. The second-order valence-electron chi connectivity index (χ2n) is 5.99. The van der Waals surface area contributed by atoms with Crippen molar-refractivity contribution in [3.63, 3.8) is 0 Å². The molecule has 4 rings (SSSR count). The average molecular weight is 355 g/mol. The Bertz CT molecular complexity index is 892. The van der Waals surface area contributed by atoms with Gasteiger partial charge >= 0.3 is 0 Å². The minimum absolute atomic E-state index is 0.266. The topological polar surface area (TPSA) is 39.9 Å². The molecule has 2 aromatic carbocycles. The Hall–Kier alpha value is -2.34. The zero-order chi connectivity index (χ0) is 17.2. The predicted octanol–water partition coefficient (Wildman–Crippen LogP) is 4.72. The molecule has 1 fully saturated rings. The fraction of sp³-hybridized carbons (Fsp3) is 0.263. The van der Waals surface area contributed by atoms with Crippen LogP contribution in [-0.4, -0.2) is 21.9 Å². The second-order valence-corrected chi connectivity index (χ2v) is 6.93. The molecule has 1 aliphatic rings. The summed E-state index contributed by atoms with van der Waals surface area (Å²) in [6, 6.07) is 15.0. The molecule has 1 heterocycles. The highest BCUT2D eigenvalue weighted by Crippen LogP contribution is 2.42. The lowest BCUT2D eigenvalue weighted by Gasteiger charge is -2.10. The van der Waals surface area contributed by atoms with Crippen molar-refractivity contribution in [3.8, 4) is 17.1 Å². The maximum Gasteiger partial charge on any atom is 0.192 e. The summed E-state index contributed by atoms with van der Waals surface area (Å²) in [5, 5.41) is 9.44. The third-order valence-electron chi connectivity index (χ3n) is 4.24. The van der Waals surface area contributed by atoms with Gasteiger partial charge in [-0.3, -0.25) is 4.57 Å². The summed E-state index contributed by atoms with van der Waals surface area (Å²) in [6.45, 7) is 0. The quantitative estimate of drug-likeness (QED) is 0.600. The molecule has 3 aromatic rings. The summed E-state index contributed by atoms with van der Waals surface area (Å²) in [5.41, 5.74) is 1.61. The lowest BCUT2D eigenvalue weighted by Crippen LogP contribution is -2.01. The van der Waals surface area contributed by atoms with E-state index >= 15 is 0 Å². The Morgan fingerprint density at radius 2 is 1.88 bits per heavy atom. The minimum atomic E-state index is -0.266. The number of hydrogen-bond donors (Lipinski definition) is 0. The van der Waals surface area contributed by atoms with E-state index in [1.54, 1.807) is 31.0 Å². The zero-order valence-corrected chi connectivity index (χ0v) is 14.7. The van der Waals surface area contributed by atoms with Crippen LogP contribution in [0.5, 0.6) is 5.75 Å². The molecule has 0 amide bonds. The van der Waals surface area contributed by atoms with Gasteiger partial charge in [-0.15, -0.1) is 10.2 Å². The van der Waals surface area contributed by atoms with Gasteiger partial charge in [-0.25, -0.2) is 4.39 Å². The van der Waals surface area contributed by atoms with E-state index in [0.29, 0.717) is 17.4 Å². The summed E-state index contributed by atoms with van der Waals surface area (Å²) >= 11 is 1.61. The first-order chi connectivity index (χ1) is 12.3.